The van der Waals surface area contributed by atoms with Gasteiger partial charge >= 0.3 is 6.18 Å². The largest absolute Gasteiger partial charge is 0.434 e. The summed E-state index contributed by atoms with van der Waals surface area (Å²) in [5, 5.41) is 0.276. The van der Waals surface area contributed by atoms with Crippen molar-refractivity contribution in [1.29, 1.82) is 0 Å². The summed E-state index contributed by atoms with van der Waals surface area (Å²) in [6.45, 7) is -0.213. The van der Waals surface area contributed by atoms with Crippen LogP contribution < -0.4 is 5.73 Å². The number of nitrogens with zero attached hydrogens (tertiary/aromatic N) is 1. The van der Waals surface area contributed by atoms with Crippen molar-refractivity contribution >= 4 is 11.3 Å². The highest BCUT2D eigenvalue weighted by atomic mass is 32.1. The van der Waals surface area contributed by atoms with Crippen molar-refractivity contribution in [3.05, 3.63) is 51.2 Å². The molecule has 2 nitrogen and oxygen atoms in total. The maximum absolute atomic E-state index is 13.0. The molecule has 2 aromatic rings. The molecule has 19 heavy (non-hydrogen) atoms. The number of hydrogen-bond acceptors (Lipinski definition) is 3. The third kappa shape index (κ3) is 3.30. The van der Waals surface area contributed by atoms with Crippen molar-refractivity contribution in [2.24, 2.45) is 5.73 Å². The molecule has 0 unspecified atom stereocenters. The van der Waals surface area contributed by atoms with Gasteiger partial charge < -0.3 is 5.73 Å². The third-order valence-corrected chi connectivity index (χ3v) is 3.52. The number of benzene rings is 1. The van der Waals surface area contributed by atoms with Crippen molar-refractivity contribution in [1.82, 2.24) is 4.98 Å². The van der Waals surface area contributed by atoms with Crippen LogP contribution in [0.2, 0.25) is 0 Å². The molecule has 0 atom stereocenters. The predicted octanol–water partition coefficient (Wildman–Crippen LogP) is 3.35. The van der Waals surface area contributed by atoms with Gasteiger partial charge in [0.1, 0.15) is 5.82 Å². The van der Waals surface area contributed by atoms with E-state index in [2.05, 4.69) is 4.98 Å². The van der Waals surface area contributed by atoms with E-state index in [9.17, 15) is 17.6 Å². The van der Waals surface area contributed by atoms with Crippen molar-refractivity contribution < 1.29 is 17.6 Å². The Morgan fingerprint density at radius 3 is 2.53 bits per heavy atom. The van der Waals surface area contributed by atoms with Gasteiger partial charge in [0, 0.05) is 13.0 Å². The first-order valence-corrected chi connectivity index (χ1v) is 6.22. The Hall–Kier alpha value is -1.47. The summed E-state index contributed by atoms with van der Waals surface area (Å²) in [6.07, 6.45) is -4.35. The summed E-state index contributed by atoms with van der Waals surface area (Å²) in [5.74, 6) is -0.427. The Bertz CT molecular complexity index is 577. The minimum atomic E-state index is -4.51. The molecule has 1 aromatic carbocycles. The van der Waals surface area contributed by atoms with Gasteiger partial charge in [-0.05, 0) is 17.7 Å². The molecule has 0 amide bonds. The smallest absolute Gasteiger partial charge is 0.326 e. The number of aromatic nitrogens is 1. The molecule has 7 heteroatoms. The normalized spacial score (nSPS) is 11.8. The van der Waals surface area contributed by atoms with Crippen LogP contribution in [-0.4, -0.2) is 4.98 Å². The molecule has 0 saturated heterocycles. The van der Waals surface area contributed by atoms with E-state index in [1.54, 1.807) is 6.07 Å². The summed E-state index contributed by atoms with van der Waals surface area (Å²) < 4.78 is 51.0. The fourth-order valence-electron chi connectivity index (χ4n) is 1.66. The second-order valence-electron chi connectivity index (χ2n) is 3.89. The second kappa shape index (κ2) is 5.26. The van der Waals surface area contributed by atoms with Crippen LogP contribution in [0.1, 0.15) is 21.1 Å². The lowest BCUT2D eigenvalue weighted by Crippen LogP contribution is -2.10. The molecule has 102 valence electrons. The second-order valence-corrected chi connectivity index (χ2v) is 5.06. The Labute approximate surface area is 110 Å². The summed E-state index contributed by atoms with van der Waals surface area (Å²) in [6, 6.07) is 5.70. The highest BCUT2D eigenvalue weighted by molar-refractivity contribution is 7.11. The van der Waals surface area contributed by atoms with Crippen molar-refractivity contribution in [2.45, 2.75) is 19.1 Å². The minimum Gasteiger partial charge on any atom is -0.326 e. The van der Waals surface area contributed by atoms with Gasteiger partial charge in [0.05, 0.1) is 9.88 Å². The summed E-state index contributed by atoms with van der Waals surface area (Å²) in [5.41, 5.74) is 4.93. The van der Waals surface area contributed by atoms with E-state index in [4.69, 9.17) is 5.73 Å². The quantitative estimate of drug-likeness (QED) is 0.880. The molecular formula is C12H10F4N2S. The molecule has 0 radical (unpaired) electrons. The third-order valence-electron chi connectivity index (χ3n) is 2.44. The molecule has 1 heterocycles. The highest BCUT2D eigenvalue weighted by Crippen LogP contribution is 2.34. The highest BCUT2D eigenvalue weighted by Gasteiger charge is 2.36. The van der Waals surface area contributed by atoms with E-state index in [1.165, 1.54) is 18.2 Å². The first-order valence-electron chi connectivity index (χ1n) is 5.40. The first kappa shape index (κ1) is 14.0. The molecule has 0 saturated carbocycles. The molecule has 2 N–H and O–H groups in total. The molecule has 0 aliphatic carbocycles. The number of halogens is 4. The van der Waals surface area contributed by atoms with Crippen LogP contribution in [0.3, 0.4) is 0 Å². The molecule has 0 aliphatic rings. The first-order chi connectivity index (χ1) is 8.90. The van der Waals surface area contributed by atoms with Crippen LogP contribution in [0.25, 0.3) is 0 Å². The van der Waals surface area contributed by atoms with Gasteiger partial charge in [0.2, 0.25) is 0 Å². The Kier molecular flexibility index (Phi) is 3.86. The Balaban J connectivity index is 2.29. The topological polar surface area (TPSA) is 38.9 Å². The molecule has 0 spiro atoms. The van der Waals surface area contributed by atoms with Crippen LogP contribution in [0.15, 0.2) is 24.3 Å². The van der Waals surface area contributed by atoms with Gasteiger partial charge in [-0.3, -0.25) is 0 Å². The van der Waals surface area contributed by atoms with Gasteiger partial charge in [-0.15, -0.1) is 11.3 Å². The fraction of sp³-hybridized carbons (Fsp3) is 0.250. The number of alkyl halides is 3. The number of rotatable bonds is 3. The molecular weight excluding hydrogens is 280 g/mol. The maximum Gasteiger partial charge on any atom is 0.434 e. The molecule has 0 bridgehead atoms. The van der Waals surface area contributed by atoms with Gasteiger partial charge in [-0.2, -0.15) is 13.2 Å². The van der Waals surface area contributed by atoms with Gasteiger partial charge in [-0.25, -0.2) is 9.37 Å². The summed E-state index contributed by atoms with van der Waals surface area (Å²) >= 11 is 0.909. The number of hydrogen-bond donors (Lipinski definition) is 1. The number of thiazole rings is 1. The van der Waals surface area contributed by atoms with Gasteiger partial charge in [0.15, 0.2) is 5.69 Å². The van der Waals surface area contributed by atoms with Crippen LogP contribution >= 0.6 is 11.3 Å². The molecule has 2 rings (SSSR count). The zero-order valence-electron chi connectivity index (χ0n) is 9.67. The lowest BCUT2D eigenvalue weighted by atomic mass is 10.1. The van der Waals surface area contributed by atoms with Crippen LogP contribution in [0.4, 0.5) is 17.6 Å². The van der Waals surface area contributed by atoms with Gasteiger partial charge in [0.25, 0.3) is 0 Å². The van der Waals surface area contributed by atoms with Crippen LogP contribution in [0.5, 0.6) is 0 Å². The standard InChI is InChI=1S/C12H10F4N2S/c13-8-3-1-2-7(4-8)5-10-18-11(12(14,15)16)9(6-17)19-10/h1-4H,5-6,17H2. The monoisotopic (exact) mass is 290 g/mol. The summed E-state index contributed by atoms with van der Waals surface area (Å²) in [7, 11) is 0. The zero-order chi connectivity index (χ0) is 14.0. The van der Waals surface area contributed by atoms with Crippen molar-refractivity contribution in [2.75, 3.05) is 0 Å². The predicted molar refractivity (Wildman–Crippen MR) is 64.2 cm³/mol. The molecule has 0 fully saturated rings. The van der Waals surface area contributed by atoms with Crippen LogP contribution in [-0.2, 0) is 19.1 Å². The lowest BCUT2D eigenvalue weighted by molar-refractivity contribution is -0.141. The lowest BCUT2D eigenvalue weighted by Gasteiger charge is -2.03. The van der Waals surface area contributed by atoms with E-state index in [1.807, 2.05) is 0 Å². The van der Waals surface area contributed by atoms with Crippen LogP contribution in [0, 0.1) is 5.82 Å². The average molecular weight is 290 g/mol. The van der Waals surface area contributed by atoms with Gasteiger partial charge in [-0.1, -0.05) is 12.1 Å². The van der Waals surface area contributed by atoms with E-state index in [-0.39, 0.29) is 22.9 Å². The average Bonchev–Trinajstić information content (AvgIpc) is 2.72. The Morgan fingerprint density at radius 1 is 1.26 bits per heavy atom. The summed E-state index contributed by atoms with van der Waals surface area (Å²) in [4.78, 5) is 3.57. The van der Waals surface area contributed by atoms with E-state index >= 15 is 0 Å². The molecule has 0 aliphatic heterocycles. The Morgan fingerprint density at radius 2 is 2.00 bits per heavy atom. The zero-order valence-corrected chi connectivity index (χ0v) is 10.5. The minimum absolute atomic E-state index is 0.00102. The van der Waals surface area contributed by atoms with E-state index in [0.29, 0.717) is 5.56 Å². The van der Waals surface area contributed by atoms with E-state index < -0.39 is 17.7 Å². The van der Waals surface area contributed by atoms with Crippen molar-refractivity contribution in [3.8, 4) is 0 Å². The maximum atomic E-state index is 13.0. The van der Waals surface area contributed by atoms with Crippen molar-refractivity contribution in [3.63, 3.8) is 0 Å². The number of nitrogens with two attached hydrogens (primary N) is 1. The fourth-order valence-corrected chi connectivity index (χ4v) is 2.66. The van der Waals surface area contributed by atoms with E-state index in [0.717, 1.165) is 11.3 Å². The molecule has 1 aromatic heterocycles. The SMILES string of the molecule is NCc1sc(Cc2cccc(F)c2)nc1C(F)(F)F.